The molecule has 0 saturated carbocycles. The minimum absolute atomic E-state index is 0.464. The molecular formula is C11H7Cl3O. The number of halogens is 3. The smallest absolute Gasteiger partial charge is 0.245 e. The fourth-order valence-corrected chi connectivity index (χ4v) is 2.54. The van der Waals surface area contributed by atoms with Crippen molar-refractivity contribution >= 4 is 45.6 Å². The molecule has 1 aromatic carbocycles. The molecule has 0 amide bonds. The van der Waals surface area contributed by atoms with Crippen LogP contribution < -0.4 is 0 Å². The van der Waals surface area contributed by atoms with Gasteiger partial charge < -0.3 is 0 Å². The summed E-state index contributed by atoms with van der Waals surface area (Å²) in [7, 11) is 0. The number of carbonyl (C=O) groups excluding carboxylic acids is 1. The molecule has 4 heteroatoms. The summed E-state index contributed by atoms with van der Waals surface area (Å²) in [6.07, 6.45) is 3.05. The van der Waals surface area contributed by atoms with E-state index in [2.05, 4.69) is 0 Å². The number of carbonyl (C=O) groups is 1. The number of hydrogen-bond acceptors (Lipinski definition) is 1. The maximum atomic E-state index is 10.8. The van der Waals surface area contributed by atoms with Crippen molar-refractivity contribution in [3.8, 4) is 0 Å². The summed E-state index contributed by atoms with van der Waals surface area (Å²) in [6.45, 7) is 0. The molecule has 0 aromatic heterocycles. The summed E-state index contributed by atoms with van der Waals surface area (Å²) < 4.78 is 0. The molecule has 0 fully saturated rings. The molecule has 1 nitrogen and oxygen atoms in total. The molecule has 0 bridgehead atoms. The fraction of sp³-hybridized carbons (Fsp3) is 0.182. The maximum absolute atomic E-state index is 10.8. The van der Waals surface area contributed by atoms with Crippen molar-refractivity contribution in [2.45, 2.75) is 12.8 Å². The molecule has 0 heterocycles. The Bertz CT molecular complexity index is 463. The first kappa shape index (κ1) is 11.0. The summed E-state index contributed by atoms with van der Waals surface area (Å²) in [4.78, 5) is 10.8. The Morgan fingerprint density at radius 3 is 2.67 bits per heavy atom. The normalized spacial score (nSPS) is 16.9. The lowest BCUT2D eigenvalue weighted by Gasteiger charge is -2.03. The van der Waals surface area contributed by atoms with Crippen LogP contribution in [0.4, 0.5) is 0 Å². The topological polar surface area (TPSA) is 17.1 Å². The second kappa shape index (κ2) is 4.17. The zero-order valence-electron chi connectivity index (χ0n) is 7.69. The van der Waals surface area contributed by atoms with Gasteiger partial charge in [0.2, 0.25) is 5.24 Å². The number of hydrogen-bond donors (Lipinski definition) is 0. The van der Waals surface area contributed by atoms with Gasteiger partial charge >= 0.3 is 0 Å². The van der Waals surface area contributed by atoms with Gasteiger partial charge in [-0.3, -0.25) is 4.79 Å². The molecule has 0 radical (unpaired) electrons. The van der Waals surface area contributed by atoms with Gasteiger partial charge in [-0.05, 0) is 53.3 Å². The summed E-state index contributed by atoms with van der Waals surface area (Å²) in [5, 5.41) is 0.769. The van der Waals surface area contributed by atoms with E-state index in [1.807, 2.05) is 6.07 Å². The molecule has 2 rings (SSSR count). The first-order chi connectivity index (χ1) is 7.08. The maximum Gasteiger partial charge on any atom is 0.245 e. The SMILES string of the molecule is O=C(Cl)/C=C1/CCc2c(Cl)cc(Cl)cc21. The molecule has 15 heavy (non-hydrogen) atoms. The van der Waals surface area contributed by atoms with E-state index in [0.717, 1.165) is 29.5 Å². The van der Waals surface area contributed by atoms with Crippen LogP contribution in [0.1, 0.15) is 17.5 Å². The predicted octanol–water partition coefficient (Wildman–Crippen LogP) is 4.09. The molecule has 0 unspecified atom stereocenters. The van der Waals surface area contributed by atoms with Crippen LogP contribution >= 0.6 is 34.8 Å². The highest BCUT2D eigenvalue weighted by Gasteiger charge is 2.20. The Kier molecular flexibility index (Phi) is 3.06. The highest BCUT2D eigenvalue weighted by atomic mass is 35.5. The second-order valence-corrected chi connectivity index (χ2v) is 4.60. The van der Waals surface area contributed by atoms with Gasteiger partial charge in [-0.25, -0.2) is 0 Å². The van der Waals surface area contributed by atoms with Crippen LogP contribution in [0.25, 0.3) is 5.57 Å². The van der Waals surface area contributed by atoms with E-state index in [4.69, 9.17) is 34.8 Å². The van der Waals surface area contributed by atoms with Gasteiger partial charge in [-0.1, -0.05) is 23.2 Å². The largest absolute Gasteiger partial charge is 0.276 e. The highest BCUT2D eigenvalue weighted by molar-refractivity contribution is 6.67. The Labute approximate surface area is 103 Å². The summed E-state index contributed by atoms with van der Waals surface area (Å²) in [6, 6.07) is 3.54. The van der Waals surface area contributed by atoms with Gasteiger partial charge in [0, 0.05) is 16.1 Å². The van der Waals surface area contributed by atoms with Crippen LogP contribution in [0.5, 0.6) is 0 Å². The van der Waals surface area contributed by atoms with E-state index in [1.54, 1.807) is 6.07 Å². The van der Waals surface area contributed by atoms with Crippen LogP contribution in [-0.2, 0) is 11.2 Å². The zero-order valence-corrected chi connectivity index (χ0v) is 9.96. The van der Waals surface area contributed by atoms with Gasteiger partial charge in [-0.2, -0.15) is 0 Å². The Balaban J connectivity index is 2.55. The van der Waals surface area contributed by atoms with Crippen molar-refractivity contribution in [2.24, 2.45) is 0 Å². The molecule has 0 N–H and O–H groups in total. The second-order valence-electron chi connectivity index (χ2n) is 3.39. The van der Waals surface area contributed by atoms with Gasteiger partial charge in [-0.15, -0.1) is 0 Å². The third-order valence-electron chi connectivity index (χ3n) is 2.44. The number of rotatable bonds is 1. The first-order valence-electron chi connectivity index (χ1n) is 4.46. The molecule has 0 atom stereocenters. The van der Waals surface area contributed by atoms with Crippen LogP contribution in [0.2, 0.25) is 10.0 Å². The summed E-state index contributed by atoms with van der Waals surface area (Å²) in [5.41, 5.74) is 2.90. The van der Waals surface area contributed by atoms with Crippen LogP contribution in [0, 0.1) is 0 Å². The molecule has 78 valence electrons. The number of fused-ring (bicyclic) bond motifs is 1. The van der Waals surface area contributed by atoms with Gasteiger partial charge in [0.25, 0.3) is 0 Å². The Hall–Kier alpha value is -0.500. The van der Waals surface area contributed by atoms with Crippen LogP contribution in [0.15, 0.2) is 18.2 Å². The highest BCUT2D eigenvalue weighted by Crippen LogP contribution is 2.38. The van der Waals surface area contributed by atoms with Crippen LogP contribution in [0.3, 0.4) is 0 Å². The van der Waals surface area contributed by atoms with Crippen molar-refractivity contribution in [2.75, 3.05) is 0 Å². The lowest BCUT2D eigenvalue weighted by atomic mass is 10.1. The molecule has 0 aliphatic heterocycles. The van der Waals surface area contributed by atoms with Gasteiger partial charge in [0.1, 0.15) is 0 Å². The van der Waals surface area contributed by atoms with Gasteiger partial charge in [0.15, 0.2) is 0 Å². The van der Waals surface area contributed by atoms with Crippen molar-refractivity contribution in [3.05, 3.63) is 39.4 Å². The third-order valence-corrected chi connectivity index (χ3v) is 3.10. The lowest BCUT2D eigenvalue weighted by molar-refractivity contribution is -0.107. The summed E-state index contributed by atoms with van der Waals surface area (Å²) in [5.74, 6) is 0. The van der Waals surface area contributed by atoms with Crippen molar-refractivity contribution in [1.29, 1.82) is 0 Å². The zero-order chi connectivity index (χ0) is 11.0. The number of benzene rings is 1. The van der Waals surface area contributed by atoms with Crippen molar-refractivity contribution < 1.29 is 4.79 Å². The van der Waals surface area contributed by atoms with Crippen molar-refractivity contribution in [3.63, 3.8) is 0 Å². The van der Waals surface area contributed by atoms with Crippen LogP contribution in [-0.4, -0.2) is 5.24 Å². The molecule has 1 aliphatic carbocycles. The molecule has 1 aromatic rings. The van der Waals surface area contributed by atoms with Crippen molar-refractivity contribution in [1.82, 2.24) is 0 Å². The average Bonchev–Trinajstić information content (AvgIpc) is 2.48. The molecule has 1 aliphatic rings. The van der Waals surface area contributed by atoms with E-state index in [0.29, 0.717) is 10.0 Å². The quantitative estimate of drug-likeness (QED) is 0.550. The minimum Gasteiger partial charge on any atom is -0.276 e. The molecule has 0 saturated heterocycles. The fourth-order valence-electron chi connectivity index (χ4n) is 1.83. The first-order valence-corrected chi connectivity index (χ1v) is 5.59. The van der Waals surface area contributed by atoms with E-state index in [1.165, 1.54) is 6.08 Å². The monoisotopic (exact) mass is 260 g/mol. The molecular weight excluding hydrogens is 254 g/mol. The minimum atomic E-state index is -0.464. The standard InChI is InChI=1S/C11H7Cl3O/c12-7-4-9-6(3-11(14)15)1-2-8(9)10(13)5-7/h3-5H,1-2H2/b6-3-. The molecule has 0 spiro atoms. The van der Waals surface area contributed by atoms with E-state index >= 15 is 0 Å². The Morgan fingerprint density at radius 1 is 1.27 bits per heavy atom. The summed E-state index contributed by atoms with van der Waals surface area (Å²) >= 11 is 17.3. The lowest BCUT2D eigenvalue weighted by Crippen LogP contribution is -1.85. The van der Waals surface area contributed by atoms with Gasteiger partial charge in [0.05, 0.1) is 0 Å². The third kappa shape index (κ3) is 2.20. The Morgan fingerprint density at radius 2 is 2.00 bits per heavy atom. The average molecular weight is 262 g/mol. The van der Waals surface area contributed by atoms with E-state index in [-0.39, 0.29) is 0 Å². The van der Waals surface area contributed by atoms with E-state index < -0.39 is 5.24 Å². The predicted molar refractivity (Wildman–Crippen MR) is 63.6 cm³/mol. The number of allylic oxidation sites excluding steroid dienone is 2. The van der Waals surface area contributed by atoms with E-state index in [9.17, 15) is 4.79 Å².